The second kappa shape index (κ2) is 8.36. The van der Waals surface area contributed by atoms with Gasteiger partial charge in [-0.1, -0.05) is 53.6 Å². The van der Waals surface area contributed by atoms with Crippen molar-refractivity contribution in [2.45, 2.75) is 26.0 Å². The van der Waals surface area contributed by atoms with Crippen LogP contribution in [0.1, 0.15) is 16.7 Å². The van der Waals surface area contributed by atoms with Crippen LogP contribution in [0.3, 0.4) is 0 Å². The molecule has 0 aromatic heterocycles. The summed E-state index contributed by atoms with van der Waals surface area (Å²) in [5.41, 5.74) is 2.70. The molecule has 24 heavy (non-hydrogen) atoms. The lowest BCUT2D eigenvalue weighted by Crippen LogP contribution is -2.42. The van der Waals surface area contributed by atoms with Gasteiger partial charge in [0.25, 0.3) is 0 Å². The highest BCUT2D eigenvalue weighted by molar-refractivity contribution is 6.30. The average Bonchev–Trinajstić information content (AvgIpc) is 2.55. The number of hydrogen-bond acceptors (Lipinski definition) is 3. The molecule has 0 unspecified atom stereocenters. The van der Waals surface area contributed by atoms with Crippen LogP contribution in [0.4, 0.5) is 4.79 Å². The van der Waals surface area contributed by atoms with Gasteiger partial charge in [0.1, 0.15) is 12.6 Å². The van der Waals surface area contributed by atoms with Gasteiger partial charge >= 0.3 is 12.1 Å². The number of alkyl carbamates (subject to hydrolysis) is 1. The van der Waals surface area contributed by atoms with Gasteiger partial charge in [-0.3, -0.25) is 0 Å². The molecular weight excluding hydrogens is 330 g/mol. The van der Waals surface area contributed by atoms with E-state index < -0.39 is 18.1 Å². The van der Waals surface area contributed by atoms with Crippen LogP contribution in [0.15, 0.2) is 48.5 Å². The number of aliphatic carboxylic acids is 1. The summed E-state index contributed by atoms with van der Waals surface area (Å²) in [6, 6.07) is 13.2. The average molecular weight is 348 g/mol. The Kier molecular flexibility index (Phi) is 6.21. The number of benzene rings is 2. The third-order valence-corrected chi connectivity index (χ3v) is 3.69. The third kappa shape index (κ3) is 5.59. The summed E-state index contributed by atoms with van der Waals surface area (Å²) < 4.78 is 5.07. The lowest BCUT2D eigenvalue weighted by atomic mass is 10.1. The van der Waals surface area contributed by atoms with Crippen molar-refractivity contribution >= 4 is 23.7 Å². The summed E-state index contributed by atoms with van der Waals surface area (Å²) in [5, 5.41) is 12.2. The summed E-state index contributed by atoms with van der Waals surface area (Å²) in [6.07, 6.45) is -0.622. The monoisotopic (exact) mass is 347 g/mol. The topological polar surface area (TPSA) is 75.6 Å². The highest BCUT2D eigenvalue weighted by atomic mass is 35.5. The van der Waals surface area contributed by atoms with E-state index in [1.165, 1.54) is 0 Å². The fourth-order valence-electron chi connectivity index (χ4n) is 2.07. The zero-order valence-electron chi connectivity index (χ0n) is 13.2. The molecule has 0 radical (unpaired) electrons. The molecule has 2 N–H and O–H groups in total. The molecule has 0 saturated carbocycles. The largest absolute Gasteiger partial charge is 0.480 e. The van der Waals surface area contributed by atoms with E-state index in [1.54, 1.807) is 24.3 Å². The predicted octanol–water partition coefficient (Wildman–Crippen LogP) is 3.57. The molecule has 2 aromatic carbocycles. The SMILES string of the molecule is Cc1ccc(COC(=O)N[C@H](Cc2ccc(Cl)cc2)C(=O)O)cc1. The van der Waals surface area contributed by atoms with Gasteiger partial charge in [0, 0.05) is 11.4 Å². The minimum Gasteiger partial charge on any atom is -0.480 e. The summed E-state index contributed by atoms with van der Waals surface area (Å²) in [7, 11) is 0. The number of halogens is 1. The third-order valence-electron chi connectivity index (χ3n) is 3.43. The number of aryl methyl sites for hydroxylation is 1. The number of carboxylic acids is 1. The fraction of sp³-hybridized carbons (Fsp3) is 0.222. The number of carbonyl (C=O) groups excluding carboxylic acids is 1. The first-order valence-electron chi connectivity index (χ1n) is 7.40. The van der Waals surface area contributed by atoms with Crippen molar-refractivity contribution in [3.63, 3.8) is 0 Å². The number of carbonyl (C=O) groups is 2. The Morgan fingerprint density at radius 1 is 1.08 bits per heavy atom. The molecule has 126 valence electrons. The van der Waals surface area contributed by atoms with E-state index in [1.807, 2.05) is 31.2 Å². The van der Waals surface area contributed by atoms with E-state index in [9.17, 15) is 14.7 Å². The molecular formula is C18H18ClNO4. The molecule has 1 amide bonds. The predicted molar refractivity (Wildman–Crippen MR) is 91.1 cm³/mol. The van der Waals surface area contributed by atoms with Crippen molar-refractivity contribution in [1.29, 1.82) is 0 Å². The van der Waals surface area contributed by atoms with Crippen molar-refractivity contribution in [3.8, 4) is 0 Å². The van der Waals surface area contributed by atoms with E-state index in [0.717, 1.165) is 16.7 Å². The number of nitrogens with one attached hydrogen (secondary N) is 1. The van der Waals surface area contributed by atoms with Crippen molar-refractivity contribution in [2.24, 2.45) is 0 Å². The van der Waals surface area contributed by atoms with Gasteiger partial charge in [-0.15, -0.1) is 0 Å². The highest BCUT2D eigenvalue weighted by Gasteiger charge is 2.21. The van der Waals surface area contributed by atoms with Crippen LogP contribution in [-0.4, -0.2) is 23.2 Å². The van der Waals surface area contributed by atoms with Crippen LogP contribution in [0.5, 0.6) is 0 Å². The zero-order chi connectivity index (χ0) is 17.5. The summed E-state index contributed by atoms with van der Waals surface area (Å²) in [4.78, 5) is 23.1. The molecule has 0 heterocycles. The second-order valence-electron chi connectivity index (χ2n) is 5.43. The van der Waals surface area contributed by atoms with E-state index in [2.05, 4.69) is 5.32 Å². The first kappa shape index (κ1) is 17.8. The maximum absolute atomic E-state index is 11.8. The Morgan fingerprint density at radius 3 is 2.25 bits per heavy atom. The first-order chi connectivity index (χ1) is 11.4. The van der Waals surface area contributed by atoms with Crippen LogP contribution in [0.25, 0.3) is 0 Å². The molecule has 2 aromatic rings. The Hall–Kier alpha value is -2.53. The van der Waals surface area contributed by atoms with E-state index >= 15 is 0 Å². The van der Waals surface area contributed by atoms with Crippen LogP contribution in [0, 0.1) is 6.92 Å². The highest BCUT2D eigenvalue weighted by Crippen LogP contribution is 2.11. The number of ether oxygens (including phenoxy) is 1. The van der Waals surface area contributed by atoms with Crippen LogP contribution in [-0.2, 0) is 22.6 Å². The Bertz CT molecular complexity index is 698. The summed E-state index contributed by atoms with van der Waals surface area (Å²) >= 11 is 5.80. The van der Waals surface area contributed by atoms with Gasteiger partial charge in [-0.05, 0) is 30.2 Å². The molecule has 0 aliphatic rings. The lowest BCUT2D eigenvalue weighted by molar-refractivity contribution is -0.139. The van der Waals surface area contributed by atoms with Gasteiger partial charge in [0.2, 0.25) is 0 Å². The van der Waals surface area contributed by atoms with Crippen molar-refractivity contribution in [3.05, 3.63) is 70.2 Å². The minimum absolute atomic E-state index is 0.0827. The molecule has 0 aliphatic heterocycles. The van der Waals surface area contributed by atoms with E-state index in [4.69, 9.17) is 16.3 Å². The first-order valence-corrected chi connectivity index (χ1v) is 7.78. The molecule has 2 rings (SSSR count). The molecule has 0 fully saturated rings. The molecule has 0 aliphatic carbocycles. The standard InChI is InChI=1S/C18H18ClNO4/c1-12-2-4-14(5-3-12)11-24-18(23)20-16(17(21)22)10-13-6-8-15(19)9-7-13/h2-9,16H,10-11H2,1H3,(H,20,23)(H,21,22)/t16-/m1/s1. The van der Waals surface area contributed by atoms with Crippen molar-refractivity contribution in [1.82, 2.24) is 5.32 Å². The number of hydrogen-bond donors (Lipinski definition) is 2. The van der Waals surface area contributed by atoms with Gasteiger partial charge in [-0.25, -0.2) is 9.59 Å². The second-order valence-corrected chi connectivity index (χ2v) is 5.86. The molecule has 5 nitrogen and oxygen atoms in total. The minimum atomic E-state index is -1.13. The summed E-state index contributed by atoms with van der Waals surface area (Å²) in [5.74, 6) is -1.13. The quantitative estimate of drug-likeness (QED) is 0.837. The smallest absolute Gasteiger partial charge is 0.408 e. The van der Waals surface area contributed by atoms with Gasteiger partial charge in [-0.2, -0.15) is 0 Å². The van der Waals surface area contributed by atoms with Crippen LogP contribution in [0.2, 0.25) is 5.02 Å². The summed E-state index contributed by atoms with van der Waals surface area (Å²) in [6.45, 7) is 2.05. The maximum atomic E-state index is 11.8. The van der Waals surface area contributed by atoms with Crippen LogP contribution < -0.4 is 5.32 Å². The van der Waals surface area contributed by atoms with Gasteiger partial charge in [0.05, 0.1) is 0 Å². The lowest BCUT2D eigenvalue weighted by Gasteiger charge is -2.15. The van der Waals surface area contributed by atoms with Gasteiger partial charge in [0.15, 0.2) is 0 Å². The molecule has 0 bridgehead atoms. The van der Waals surface area contributed by atoms with Crippen molar-refractivity contribution < 1.29 is 19.4 Å². The molecule has 0 spiro atoms. The molecule has 0 saturated heterocycles. The number of rotatable bonds is 6. The van der Waals surface area contributed by atoms with Crippen LogP contribution >= 0.6 is 11.6 Å². The Morgan fingerprint density at radius 2 is 1.67 bits per heavy atom. The fourth-order valence-corrected chi connectivity index (χ4v) is 2.20. The van der Waals surface area contributed by atoms with Gasteiger partial charge < -0.3 is 15.2 Å². The zero-order valence-corrected chi connectivity index (χ0v) is 13.9. The Labute approximate surface area is 145 Å². The maximum Gasteiger partial charge on any atom is 0.408 e. The van der Waals surface area contributed by atoms with E-state index in [0.29, 0.717) is 5.02 Å². The molecule has 6 heteroatoms. The number of amides is 1. The van der Waals surface area contributed by atoms with E-state index in [-0.39, 0.29) is 13.0 Å². The molecule has 1 atom stereocenters. The number of carboxylic acid groups (broad SMARTS) is 1. The normalized spacial score (nSPS) is 11.6. The van der Waals surface area contributed by atoms with Crippen molar-refractivity contribution in [2.75, 3.05) is 0 Å². The Balaban J connectivity index is 1.89.